The highest BCUT2D eigenvalue weighted by Crippen LogP contribution is 2.32. The molecule has 1 aliphatic heterocycles. The van der Waals surface area contributed by atoms with Crippen LogP contribution in [-0.2, 0) is 6.54 Å². The van der Waals surface area contributed by atoms with Gasteiger partial charge in [-0.25, -0.2) is 0 Å². The van der Waals surface area contributed by atoms with Crippen LogP contribution in [0.25, 0.3) is 0 Å². The van der Waals surface area contributed by atoms with Crippen LogP contribution >= 0.6 is 0 Å². The van der Waals surface area contributed by atoms with Gasteiger partial charge in [-0.2, -0.15) is 0 Å². The number of amides is 1. The Bertz CT molecular complexity index is 992. The van der Waals surface area contributed by atoms with E-state index in [0.717, 1.165) is 17.1 Å². The summed E-state index contributed by atoms with van der Waals surface area (Å²) in [5, 5.41) is 14.0. The summed E-state index contributed by atoms with van der Waals surface area (Å²) in [5.41, 5.74) is 1.80. The number of carbonyl (C=O) groups is 1. The third kappa shape index (κ3) is 3.80. The van der Waals surface area contributed by atoms with Gasteiger partial charge in [0.25, 0.3) is 5.91 Å². The monoisotopic (exact) mass is 378 g/mol. The van der Waals surface area contributed by atoms with E-state index in [1.54, 1.807) is 31.4 Å². The van der Waals surface area contributed by atoms with Gasteiger partial charge >= 0.3 is 0 Å². The van der Waals surface area contributed by atoms with Gasteiger partial charge in [-0.1, -0.05) is 18.2 Å². The van der Waals surface area contributed by atoms with Gasteiger partial charge in [-0.3, -0.25) is 4.79 Å². The highest BCUT2D eigenvalue weighted by Gasteiger charge is 2.14. The van der Waals surface area contributed by atoms with E-state index in [2.05, 4.69) is 20.8 Å². The van der Waals surface area contributed by atoms with Crippen molar-refractivity contribution in [3.63, 3.8) is 0 Å². The van der Waals surface area contributed by atoms with Gasteiger partial charge in [0, 0.05) is 6.54 Å². The molecule has 2 aromatic carbocycles. The third-order valence-corrected chi connectivity index (χ3v) is 4.16. The normalized spacial score (nSPS) is 11.8. The van der Waals surface area contributed by atoms with E-state index in [1.807, 2.05) is 30.3 Å². The molecule has 0 bridgehead atoms. The van der Waals surface area contributed by atoms with Crippen LogP contribution in [0.5, 0.6) is 17.2 Å². The molecule has 4 rings (SSSR count). The topological polar surface area (TPSA) is 94.6 Å². The Morgan fingerprint density at radius 1 is 1.07 bits per heavy atom. The Kier molecular flexibility index (Phi) is 4.92. The lowest BCUT2D eigenvalue weighted by Crippen LogP contribution is -2.15. The molecular formula is C20H18N4O4. The largest absolute Gasteiger partial charge is 0.495 e. The summed E-state index contributed by atoms with van der Waals surface area (Å²) >= 11 is 0. The second-order valence-corrected chi connectivity index (χ2v) is 6.00. The van der Waals surface area contributed by atoms with E-state index in [9.17, 15) is 4.79 Å². The quantitative estimate of drug-likeness (QED) is 0.681. The Labute approximate surface area is 161 Å². The predicted molar refractivity (Wildman–Crippen MR) is 103 cm³/mol. The van der Waals surface area contributed by atoms with Gasteiger partial charge in [-0.05, 0) is 42.0 Å². The molecule has 0 unspecified atom stereocenters. The first-order valence-corrected chi connectivity index (χ1v) is 8.63. The molecule has 1 aliphatic rings. The van der Waals surface area contributed by atoms with Gasteiger partial charge in [0.05, 0.1) is 12.8 Å². The van der Waals surface area contributed by atoms with E-state index in [1.165, 1.54) is 0 Å². The van der Waals surface area contributed by atoms with Gasteiger partial charge < -0.3 is 24.8 Å². The molecule has 2 heterocycles. The molecule has 0 fully saturated rings. The molecule has 1 amide bonds. The van der Waals surface area contributed by atoms with Crippen LogP contribution < -0.4 is 24.8 Å². The van der Waals surface area contributed by atoms with Gasteiger partial charge in [0.2, 0.25) is 6.79 Å². The van der Waals surface area contributed by atoms with Crippen LogP contribution in [0.1, 0.15) is 16.1 Å². The second kappa shape index (κ2) is 7.83. The minimum atomic E-state index is -0.362. The first-order valence-electron chi connectivity index (χ1n) is 8.63. The molecule has 28 heavy (non-hydrogen) atoms. The lowest BCUT2D eigenvalue weighted by molar-refractivity contribution is 0.102. The highest BCUT2D eigenvalue weighted by molar-refractivity contribution is 6.03. The Morgan fingerprint density at radius 2 is 1.93 bits per heavy atom. The van der Waals surface area contributed by atoms with E-state index in [4.69, 9.17) is 14.2 Å². The van der Waals surface area contributed by atoms with Crippen molar-refractivity contribution >= 4 is 17.4 Å². The van der Waals surface area contributed by atoms with Crippen LogP contribution in [0.2, 0.25) is 0 Å². The fourth-order valence-corrected chi connectivity index (χ4v) is 2.73. The SMILES string of the molecule is COc1ccccc1NC(=O)c1ccc(NCc2ccc3c(c2)OCO3)nn1. The van der Waals surface area contributed by atoms with Crippen molar-refractivity contribution in [1.29, 1.82) is 0 Å². The summed E-state index contributed by atoms with van der Waals surface area (Å²) in [5.74, 6) is 2.25. The maximum absolute atomic E-state index is 12.4. The first kappa shape index (κ1) is 17.6. The lowest BCUT2D eigenvalue weighted by Gasteiger charge is -2.09. The molecule has 1 aromatic heterocycles. The average Bonchev–Trinajstić information content (AvgIpc) is 3.21. The van der Waals surface area contributed by atoms with Crippen molar-refractivity contribution < 1.29 is 19.0 Å². The number of anilines is 2. The summed E-state index contributed by atoms with van der Waals surface area (Å²) in [4.78, 5) is 12.4. The van der Waals surface area contributed by atoms with Crippen molar-refractivity contribution in [3.05, 3.63) is 65.9 Å². The molecule has 142 valence electrons. The van der Waals surface area contributed by atoms with Crippen LogP contribution in [0.3, 0.4) is 0 Å². The average molecular weight is 378 g/mol. The molecule has 0 saturated carbocycles. The Balaban J connectivity index is 1.37. The standard InChI is InChI=1S/C20H18N4O4/c1-26-16-5-3-2-4-14(16)22-20(25)15-7-9-19(24-23-15)21-11-13-6-8-17-18(10-13)28-12-27-17/h2-10H,11-12H2,1H3,(H,21,24)(H,22,25). The van der Waals surface area contributed by atoms with E-state index in [-0.39, 0.29) is 18.4 Å². The number of hydrogen-bond acceptors (Lipinski definition) is 7. The lowest BCUT2D eigenvalue weighted by atomic mass is 10.2. The van der Waals surface area contributed by atoms with E-state index < -0.39 is 0 Å². The number of methoxy groups -OCH3 is 1. The molecule has 2 N–H and O–H groups in total. The maximum Gasteiger partial charge on any atom is 0.276 e. The van der Waals surface area contributed by atoms with Crippen molar-refractivity contribution in [2.24, 2.45) is 0 Å². The molecule has 0 saturated heterocycles. The number of benzene rings is 2. The molecule has 8 nitrogen and oxygen atoms in total. The smallest absolute Gasteiger partial charge is 0.276 e. The van der Waals surface area contributed by atoms with E-state index in [0.29, 0.717) is 23.8 Å². The number of rotatable bonds is 6. The number of carbonyl (C=O) groups excluding carboxylic acids is 1. The van der Waals surface area contributed by atoms with Crippen molar-refractivity contribution in [2.45, 2.75) is 6.54 Å². The van der Waals surface area contributed by atoms with Gasteiger partial charge in [0.15, 0.2) is 17.2 Å². The summed E-state index contributed by atoms with van der Waals surface area (Å²) in [6.07, 6.45) is 0. The highest BCUT2D eigenvalue weighted by atomic mass is 16.7. The zero-order valence-electron chi connectivity index (χ0n) is 15.1. The molecule has 0 spiro atoms. The number of fused-ring (bicyclic) bond motifs is 1. The Hall–Kier alpha value is -3.81. The molecule has 0 atom stereocenters. The van der Waals surface area contributed by atoms with Gasteiger partial charge in [0.1, 0.15) is 11.6 Å². The number of hydrogen-bond donors (Lipinski definition) is 2. The zero-order valence-corrected chi connectivity index (χ0v) is 15.1. The molecule has 0 aliphatic carbocycles. The zero-order chi connectivity index (χ0) is 19.3. The van der Waals surface area contributed by atoms with Crippen LogP contribution in [0.15, 0.2) is 54.6 Å². The molecule has 8 heteroatoms. The van der Waals surface area contributed by atoms with Crippen molar-refractivity contribution in [3.8, 4) is 17.2 Å². The predicted octanol–water partition coefficient (Wildman–Crippen LogP) is 3.08. The Morgan fingerprint density at radius 3 is 2.75 bits per heavy atom. The van der Waals surface area contributed by atoms with Crippen molar-refractivity contribution in [2.75, 3.05) is 24.5 Å². The number of nitrogens with zero attached hydrogens (tertiary/aromatic N) is 2. The van der Waals surface area contributed by atoms with Crippen LogP contribution in [0.4, 0.5) is 11.5 Å². The summed E-state index contributed by atoms with van der Waals surface area (Å²) < 4.78 is 15.9. The number of nitrogens with one attached hydrogen (secondary N) is 2. The molecular weight excluding hydrogens is 360 g/mol. The van der Waals surface area contributed by atoms with Crippen molar-refractivity contribution in [1.82, 2.24) is 10.2 Å². The number of ether oxygens (including phenoxy) is 3. The molecule has 3 aromatic rings. The molecule has 0 radical (unpaired) electrons. The number of para-hydroxylation sites is 2. The summed E-state index contributed by atoms with van der Waals surface area (Å²) in [7, 11) is 1.55. The minimum Gasteiger partial charge on any atom is -0.495 e. The summed E-state index contributed by atoms with van der Waals surface area (Å²) in [6, 6.07) is 16.2. The maximum atomic E-state index is 12.4. The first-order chi connectivity index (χ1) is 13.7. The third-order valence-electron chi connectivity index (χ3n) is 4.16. The van der Waals surface area contributed by atoms with E-state index >= 15 is 0 Å². The summed E-state index contributed by atoms with van der Waals surface area (Å²) in [6.45, 7) is 0.786. The van der Waals surface area contributed by atoms with Crippen LogP contribution in [0, 0.1) is 0 Å². The second-order valence-electron chi connectivity index (χ2n) is 6.00. The van der Waals surface area contributed by atoms with Gasteiger partial charge in [-0.15, -0.1) is 10.2 Å². The fraction of sp³-hybridized carbons (Fsp3) is 0.150. The number of aromatic nitrogens is 2. The fourth-order valence-electron chi connectivity index (χ4n) is 2.73. The van der Waals surface area contributed by atoms with Crippen LogP contribution in [-0.4, -0.2) is 30.0 Å². The minimum absolute atomic E-state index is 0.208.